The maximum atomic E-state index is 5.34. The quantitative estimate of drug-likeness (QED) is 0.910. The molecule has 1 atom stereocenters. The van der Waals surface area contributed by atoms with Gasteiger partial charge in [-0.2, -0.15) is 10.1 Å². The van der Waals surface area contributed by atoms with Crippen molar-refractivity contribution in [3.05, 3.63) is 18.2 Å². The van der Waals surface area contributed by atoms with Crippen LogP contribution in [0.2, 0.25) is 0 Å². The van der Waals surface area contributed by atoms with Gasteiger partial charge in [-0.15, -0.1) is 12.4 Å². The molecule has 7 nitrogen and oxygen atoms in total. The van der Waals surface area contributed by atoms with Gasteiger partial charge in [-0.05, 0) is 14.0 Å². The fourth-order valence-corrected chi connectivity index (χ4v) is 2.23. The van der Waals surface area contributed by atoms with E-state index in [4.69, 9.17) is 4.52 Å². The fourth-order valence-electron chi connectivity index (χ4n) is 2.23. The molecule has 1 saturated heterocycles. The molecule has 1 fully saturated rings. The molecule has 0 amide bonds. The van der Waals surface area contributed by atoms with E-state index in [0.29, 0.717) is 5.89 Å². The largest absolute Gasteiger partial charge is 0.334 e. The van der Waals surface area contributed by atoms with E-state index >= 15 is 0 Å². The molecular formula is C12H19ClN6O. The zero-order valence-electron chi connectivity index (χ0n) is 11.6. The first kappa shape index (κ1) is 15.0. The molecule has 1 N–H and O–H groups in total. The first-order valence-corrected chi connectivity index (χ1v) is 6.55. The molecule has 3 rings (SSSR count). The minimum Gasteiger partial charge on any atom is -0.334 e. The minimum absolute atomic E-state index is 0. The zero-order valence-corrected chi connectivity index (χ0v) is 12.4. The van der Waals surface area contributed by atoms with E-state index in [1.807, 2.05) is 17.8 Å². The highest BCUT2D eigenvalue weighted by atomic mass is 35.5. The lowest BCUT2D eigenvalue weighted by molar-refractivity contribution is 0.190. The van der Waals surface area contributed by atoms with Crippen molar-refractivity contribution < 1.29 is 4.52 Å². The van der Waals surface area contributed by atoms with Gasteiger partial charge in [0.15, 0.2) is 5.82 Å². The van der Waals surface area contributed by atoms with Crippen LogP contribution in [0.4, 0.5) is 0 Å². The molecule has 20 heavy (non-hydrogen) atoms. The Kier molecular flexibility index (Phi) is 4.74. The normalized spacial score (nSPS) is 19.8. The number of piperazine rings is 1. The van der Waals surface area contributed by atoms with Crippen LogP contribution in [0.15, 0.2) is 16.9 Å². The molecule has 8 heteroatoms. The second kappa shape index (κ2) is 6.34. The number of halogens is 1. The number of likely N-dealkylation sites (N-methyl/N-ethyl adjacent to an activating group) is 1. The molecule has 110 valence electrons. The summed E-state index contributed by atoms with van der Waals surface area (Å²) < 4.78 is 7.18. The zero-order chi connectivity index (χ0) is 13.2. The van der Waals surface area contributed by atoms with E-state index in [1.165, 1.54) is 0 Å². The Labute approximate surface area is 123 Å². The van der Waals surface area contributed by atoms with Crippen LogP contribution in [-0.2, 0) is 6.54 Å². The lowest BCUT2D eigenvalue weighted by Gasteiger charge is -2.30. The van der Waals surface area contributed by atoms with Gasteiger partial charge in [0.05, 0.1) is 17.8 Å². The van der Waals surface area contributed by atoms with Gasteiger partial charge >= 0.3 is 0 Å². The summed E-state index contributed by atoms with van der Waals surface area (Å²) in [5, 5.41) is 11.7. The number of nitrogens with one attached hydrogen (secondary N) is 1. The van der Waals surface area contributed by atoms with Crippen LogP contribution in [0.25, 0.3) is 11.5 Å². The smallest absolute Gasteiger partial charge is 0.261 e. The molecule has 0 saturated carbocycles. The van der Waals surface area contributed by atoms with Crippen molar-refractivity contribution in [1.82, 2.24) is 30.1 Å². The maximum absolute atomic E-state index is 5.34. The molecule has 0 aliphatic carbocycles. The van der Waals surface area contributed by atoms with E-state index in [0.717, 1.165) is 37.6 Å². The van der Waals surface area contributed by atoms with Crippen LogP contribution < -0.4 is 5.32 Å². The number of rotatable bonds is 3. The van der Waals surface area contributed by atoms with E-state index < -0.39 is 0 Å². The van der Waals surface area contributed by atoms with Crippen LogP contribution in [-0.4, -0.2) is 51.5 Å². The summed E-state index contributed by atoms with van der Waals surface area (Å²) in [6, 6.07) is 0.174. The lowest BCUT2D eigenvalue weighted by atomic mass is 10.2. The first-order valence-electron chi connectivity index (χ1n) is 6.55. The molecule has 3 heterocycles. The molecule has 0 spiro atoms. The SMILES string of the molecule is CCn1cc(-c2nc(C3CNCCN3C)no2)cn1.Cl. The van der Waals surface area contributed by atoms with Gasteiger partial charge in [-0.25, -0.2) is 0 Å². The molecule has 0 bridgehead atoms. The highest BCUT2D eigenvalue weighted by molar-refractivity contribution is 5.85. The molecule has 0 radical (unpaired) electrons. The predicted octanol–water partition coefficient (Wildman–Crippen LogP) is 0.951. The Hall–Kier alpha value is -1.44. The Morgan fingerprint density at radius 1 is 1.50 bits per heavy atom. The van der Waals surface area contributed by atoms with Crippen molar-refractivity contribution in [3.8, 4) is 11.5 Å². The van der Waals surface area contributed by atoms with Gasteiger partial charge in [0.2, 0.25) is 0 Å². The molecule has 2 aromatic heterocycles. The van der Waals surface area contributed by atoms with Gasteiger partial charge in [0, 0.05) is 32.4 Å². The summed E-state index contributed by atoms with van der Waals surface area (Å²) >= 11 is 0. The third-order valence-electron chi connectivity index (χ3n) is 3.46. The summed E-state index contributed by atoms with van der Waals surface area (Å²) in [4.78, 5) is 6.73. The van der Waals surface area contributed by atoms with Crippen LogP contribution in [0.5, 0.6) is 0 Å². The monoisotopic (exact) mass is 298 g/mol. The maximum Gasteiger partial charge on any atom is 0.261 e. The molecule has 1 unspecified atom stereocenters. The molecular weight excluding hydrogens is 280 g/mol. The van der Waals surface area contributed by atoms with E-state index in [1.54, 1.807) is 6.20 Å². The highest BCUT2D eigenvalue weighted by Crippen LogP contribution is 2.22. The van der Waals surface area contributed by atoms with Crippen molar-refractivity contribution in [2.24, 2.45) is 0 Å². The summed E-state index contributed by atoms with van der Waals surface area (Å²) in [6.07, 6.45) is 3.67. The molecule has 0 aromatic carbocycles. The van der Waals surface area contributed by atoms with Crippen LogP contribution in [0.3, 0.4) is 0 Å². The third kappa shape index (κ3) is 2.84. The minimum atomic E-state index is 0. The summed E-state index contributed by atoms with van der Waals surface area (Å²) in [5.74, 6) is 1.27. The first-order chi connectivity index (χ1) is 9.28. The van der Waals surface area contributed by atoms with Gasteiger partial charge in [0.25, 0.3) is 5.89 Å². The van der Waals surface area contributed by atoms with Gasteiger partial charge in [-0.1, -0.05) is 5.16 Å². The van der Waals surface area contributed by atoms with Gasteiger partial charge < -0.3 is 9.84 Å². The number of nitrogens with zero attached hydrogens (tertiary/aromatic N) is 5. The third-order valence-corrected chi connectivity index (χ3v) is 3.46. The number of hydrogen-bond acceptors (Lipinski definition) is 6. The van der Waals surface area contributed by atoms with E-state index in [9.17, 15) is 0 Å². The standard InChI is InChI=1S/C12H18N6O.ClH/c1-3-18-8-9(6-14-18)12-15-11(16-19-12)10-7-13-4-5-17(10)2;/h6,8,10,13H,3-5,7H2,1-2H3;1H. The summed E-state index contributed by atoms with van der Waals surface area (Å²) in [5.41, 5.74) is 0.868. The second-order valence-electron chi connectivity index (χ2n) is 4.74. The fraction of sp³-hybridized carbons (Fsp3) is 0.583. The second-order valence-corrected chi connectivity index (χ2v) is 4.74. The Morgan fingerprint density at radius 2 is 2.35 bits per heavy atom. The van der Waals surface area contributed by atoms with Gasteiger partial charge in [0.1, 0.15) is 0 Å². The number of aryl methyl sites for hydroxylation is 1. The van der Waals surface area contributed by atoms with Crippen LogP contribution >= 0.6 is 12.4 Å². The van der Waals surface area contributed by atoms with Crippen LogP contribution in [0.1, 0.15) is 18.8 Å². The van der Waals surface area contributed by atoms with Crippen molar-refractivity contribution in [2.75, 3.05) is 26.7 Å². The number of hydrogen-bond donors (Lipinski definition) is 1. The Bertz CT molecular complexity index is 554. The highest BCUT2D eigenvalue weighted by Gasteiger charge is 2.25. The predicted molar refractivity (Wildman–Crippen MR) is 76.7 cm³/mol. The summed E-state index contributed by atoms with van der Waals surface area (Å²) in [7, 11) is 2.08. The Morgan fingerprint density at radius 3 is 3.05 bits per heavy atom. The number of aromatic nitrogens is 4. The molecule has 1 aliphatic rings. The molecule has 2 aromatic rings. The Balaban J connectivity index is 0.00000147. The van der Waals surface area contributed by atoms with Crippen molar-refractivity contribution in [2.45, 2.75) is 19.5 Å². The average molecular weight is 299 g/mol. The van der Waals surface area contributed by atoms with E-state index in [-0.39, 0.29) is 18.4 Å². The van der Waals surface area contributed by atoms with Crippen LogP contribution in [0, 0.1) is 0 Å². The van der Waals surface area contributed by atoms with Crippen molar-refractivity contribution in [1.29, 1.82) is 0 Å². The lowest BCUT2D eigenvalue weighted by Crippen LogP contribution is -2.44. The topological polar surface area (TPSA) is 72.0 Å². The van der Waals surface area contributed by atoms with E-state index in [2.05, 4.69) is 32.5 Å². The van der Waals surface area contributed by atoms with Crippen molar-refractivity contribution >= 4 is 12.4 Å². The van der Waals surface area contributed by atoms with Gasteiger partial charge in [-0.3, -0.25) is 9.58 Å². The average Bonchev–Trinajstić information content (AvgIpc) is 3.08. The molecule has 1 aliphatic heterocycles. The van der Waals surface area contributed by atoms with Crippen molar-refractivity contribution in [3.63, 3.8) is 0 Å². The summed E-state index contributed by atoms with van der Waals surface area (Å²) in [6.45, 7) is 5.71.